The molecule has 1 saturated heterocycles. The number of rotatable bonds is 3. The number of hydrogen-bond acceptors (Lipinski definition) is 0. The Bertz CT molecular complexity index is 189. The van der Waals surface area contributed by atoms with E-state index in [9.17, 15) is 0 Å². The van der Waals surface area contributed by atoms with Crippen LogP contribution in [0.4, 0.5) is 0 Å². The number of hydrogen-bond donors (Lipinski definition) is 0. The quantitative estimate of drug-likeness (QED) is 0.600. The standard InChI is InChI=1S/C13H30Si2/c1-7-12(8-2)13-14(3,4)10-9-11-15(13,5)6/h12-13H,7-11H2,1-6H3. The highest BCUT2D eigenvalue weighted by Crippen LogP contribution is 2.49. The third-order valence-electron chi connectivity index (χ3n) is 4.85. The molecule has 1 heterocycles. The molecule has 1 aliphatic rings. The SMILES string of the molecule is CCC(CC)C1[Si](C)(C)CCC[Si]1(C)C. The van der Waals surface area contributed by atoms with Crippen molar-refractivity contribution in [1.82, 2.24) is 0 Å². The molecule has 1 fully saturated rings. The second-order valence-electron chi connectivity index (χ2n) is 6.88. The molecule has 0 spiro atoms. The van der Waals surface area contributed by atoms with Crippen molar-refractivity contribution in [2.75, 3.05) is 0 Å². The largest absolute Gasteiger partial charge is 0.0693 e. The van der Waals surface area contributed by atoms with E-state index in [1.54, 1.807) is 18.5 Å². The summed E-state index contributed by atoms with van der Waals surface area (Å²) in [5.74, 6) is 1.05. The summed E-state index contributed by atoms with van der Waals surface area (Å²) in [5.41, 5.74) is 0. The Morgan fingerprint density at radius 1 is 0.933 bits per heavy atom. The Balaban J connectivity index is 2.94. The third kappa shape index (κ3) is 2.76. The van der Waals surface area contributed by atoms with Gasteiger partial charge < -0.3 is 0 Å². The van der Waals surface area contributed by atoms with Crippen LogP contribution in [0.25, 0.3) is 0 Å². The molecule has 0 amide bonds. The first kappa shape index (κ1) is 13.5. The van der Waals surface area contributed by atoms with Gasteiger partial charge in [0.2, 0.25) is 0 Å². The summed E-state index contributed by atoms with van der Waals surface area (Å²) in [4.78, 5) is 0. The van der Waals surface area contributed by atoms with E-state index in [2.05, 4.69) is 40.0 Å². The van der Waals surface area contributed by atoms with Crippen molar-refractivity contribution in [3.05, 3.63) is 0 Å². The maximum atomic E-state index is 2.67. The predicted molar refractivity (Wildman–Crippen MR) is 77.0 cm³/mol. The first-order valence-corrected chi connectivity index (χ1v) is 13.4. The minimum Gasteiger partial charge on any atom is -0.0693 e. The van der Waals surface area contributed by atoms with Crippen LogP contribution in [-0.2, 0) is 0 Å². The molecular weight excluding hydrogens is 212 g/mol. The monoisotopic (exact) mass is 242 g/mol. The van der Waals surface area contributed by atoms with E-state index in [0.29, 0.717) is 0 Å². The Morgan fingerprint density at radius 3 is 1.67 bits per heavy atom. The van der Waals surface area contributed by atoms with Crippen molar-refractivity contribution in [2.24, 2.45) is 5.92 Å². The normalized spacial score (nSPS) is 25.8. The van der Waals surface area contributed by atoms with Crippen LogP contribution in [0.2, 0.25) is 43.4 Å². The Morgan fingerprint density at radius 2 is 1.33 bits per heavy atom. The van der Waals surface area contributed by atoms with Crippen molar-refractivity contribution in [3.63, 3.8) is 0 Å². The second kappa shape index (κ2) is 4.74. The molecular formula is C13H30Si2. The molecule has 0 aromatic heterocycles. The van der Waals surface area contributed by atoms with Gasteiger partial charge in [-0.3, -0.25) is 0 Å². The summed E-state index contributed by atoms with van der Waals surface area (Å²) >= 11 is 0. The lowest BCUT2D eigenvalue weighted by atomic mass is 10.1. The van der Waals surface area contributed by atoms with Crippen molar-refractivity contribution in [1.29, 1.82) is 0 Å². The molecule has 0 aromatic carbocycles. The van der Waals surface area contributed by atoms with Crippen LogP contribution in [0.1, 0.15) is 33.1 Å². The minimum atomic E-state index is -0.899. The van der Waals surface area contributed by atoms with Gasteiger partial charge in [-0.25, -0.2) is 0 Å². The van der Waals surface area contributed by atoms with E-state index < -0.39 is 16.1 Å². The fourth-order valence-corrected chi connectivity index (χ4v) is 20.4. The zero-order chi connectivity index (χ0) is 11.7. The molecule has 0 saturated carbocycles. The summed E-state index contributed by atoms with van der Waals surface area (Å²) < 4.78 is 0. The first-order chi connectivity index (χ1) is 6.85. The molecule has 1 rings (SSSR count). The van der Waals surface area contributed by atoms with Crippen LogP contribution >= 0.6 is 0 Å². The molecule has 15 heavy (non-hydrogen) atoms. The maximum Gasteiger partial charge on any atom is 0.0481 e. The van der Waals surface area contributed by atoms with Gasteiger partial charge in [0.05, 0.1) is 0 Å². The van der Waals surface area contributed by atoms with Crippen molar-refractivity contribution < 1.29 is 0 Å². The molecule has 1 aliphatic heterocycles. The molecule has 0 aliphatic carbocycles. The molecule has 0 N–H and O–H groups in total. The van der Waals surface area contributed by atoms with Gasteiger partial charge in [0, 0.05) is 16.1 Å². The van der Waals surface area contributed by atoms with E-state index in [0.717, 1.165) is 5.92 Å². The van der Waals surface area contributed by atoms with Crippen LogP contribution in [0.3, 0.4) is 0 Å². The fraction of sp³-hybridized carbons (Fsp3) is 1.00. The van der Waals surface area contributed by atoms with Crippen LogP contribution in [0, 0.1) is 5.92 Å². The maximum absolute atomic E-state index is 2.67. The average molecular weight is 243 g/mol. The van der Waals surface area contributed by atoms with E-state index >= 15 is 0 Å². The van der Waals surface area contributed by atoms with E-state index in [4.69, 9.17) is 0 Å². The van der Waals surface area contributed by atoms with Crippen molar-refractivity contribution >= 4 is 16.1 Å². The van der Waals surface area contributed by atoms with Gasteiger partial charge in [-0.05, 0) is 11.1 Å². The highest BCUT2D eigenvalue weighted by atomic mass is 28.4. The van der Waals surface area contributed by atoms with Crippen molar-refractivity contribution in [2.45, 2.75) is 76.6 Å². The topological polar surface area (TPSA) is 0 Å². The molecule has 0 radical (unpaired) electrons. The first-order valence-electron chi connectivity index (χ1n) is 6.85. The molecule has 2 heteroatoms. The third-order valence-corrected chi connectivity index (χ3v) is 17.1. The van der Waals surface area contributed by atoms with Crippen LogP contribution in [0.15, 0.2) is 0 Å². The van der Waals surface area contributed by atoms with Crippen LogP contribution < -0.4 is 0 Å². The minimum absolute atomic E-state index is 0.899. The Hall–Kier alpha value is 0.434. The Labute approximate surface area is 98.9 Å². The Kier molecular flexibility index (Phi) is 4.27. The molecule has 90 valence electrons. The summed E-state index contributed by atoms with van der Waals surface area (Å²) in [6.45, 7) is 15.5. The summed E-state index contributed by atoms with van der Waals surface area (Å²) in [6, 6.07) is 3.20. The highest BCUT2D eigenvalue weighted by molar-refractivity contribution is 6.98. The lowest BCUT2D eigenvalue weighted by molar-refractivity contribution is 0.496. The lowest BCUT2D eigenvalue weighted by Gasteiger charge is -2.50. The van der Waals surface area contributed by atoms with Gasteiger partial charge in [0.1, 0.15) is 0 Å². The predicted octanol–water partition coefficient (Wildman–Crippen LogP) is 5.15. The molecule has 0 aromatic rings. The second-order valence-corrected chi connectivity index (χ2v) is 17.7. The van der Waals surface area contributed by atoms with Gasteiger partial charge in [-0.15, -0.1) is 0 Å². The van der Waals surface area contributed by atoms with Crippen molar-refractivity contribution in [3.8, 4) is 0 Å². The lowest BCUT2D eigenvalue weighted by Crippen LogP contribution is -2.53. The summed E-state index contributed by atoms with van der Waals surface area (Å²) in [5, 5.41) is 1.19. The fourth-order valence-electron chi connectivity index (χ4n) is 4.40. The van der Waals surface area contributed by atoms with Gasteiger partial charge in [-0.2, -0.15) is 0 Å². The molecule has 0 unspecified atom stereocenters. The zero-order valence-corrected chi connectivity index (χ0v) is 13.7. The molecule has 0 bridgehead atoms. The molecule has 0 nitrogen and oxygen atoms in total. The average Bonchev–Trinajstić information content (AvgIpc) is 2.10. The van der Waals surface area contributed by atoms with Gasteiger partial charge >= 0.3 is 0 Å². The summed E-state index contributed by atoms with van der Waals surface area (Å²) in [7, 11) is -1.80. The highest BCUT2D eigenvalue weighted by Gasteiger charge is 2.48. The van der Waals surface area contributed by atoms with E-state index in [-0.39, 0.29) is 0 Å². The summed E-state index contributed by atoms with van der Waals surface area (Å²) in [6.07, 6.45) is 4.40. The van der Waals surface area contributed by atoms with E-state index in [1.165, 1.54) is 18.0 Å². The van der Waals surface area contributed by atoms with Gasteiger partial charge in [-0.1, -0.05) is 71.4 Å². The van der Waals surface area contributed by atoms with Crippen LogP contribution in [0.5, 0.6) is 0 Å². The van der Waals surface area contributed by atoms with Crippen LogP contribution in [-0.4, -0.2) is 16.1 Å². The van der Waals surface area contributed by atoms with Gasteiger partial charge in [0.15, 0.2) is 0 Å². The van der Waals surface area contributed by atoms with E-state index in [1.807, 2.05) is 0 Å². The molecule has 0 atom stereocenters. The zero-order valence-electron chi connectivity index (χ0n) is 11.7. The van der Waals surface area contributed by atoms with Gasteiger partial charge in [0.25, 0.3) is 0 Å². The smallest absolute Gasteiger partial charge is 0.0481 e.